The van der Waals surface area contributed by atoms with Gasteiger partial charge in [0.05, 0.1) is 5.69 Å². The minimum absolute atomic E-state index is 0.156. The number of rotatable bonds is 5. The molecule has 114 valence electrons. The van der Waals surface area contributed by atoms with E-state index >= 15 is 0 Å². The molecule has 0 bridgehead atoms. The van der Waals surface area contributed by atoms with Crippen LogP contribution in [0.15, 0.2) is 0 Å². The molecule has 0 spiro atoms. The Labute approximate surface area is 131 Å². The zero-order valence-corrected chi connectivity index (χ0v) is 15.0. The lowest BCUT2D eigenvalue weighted by atomic mass is 10.1. The Morgan fingerprint density at radius 3 is 2.70 bits per heavy atom. The van der Waals surface area contributed by atoms with Gasteiger partial charge in [-0.05, 0) is 39.4 Å². The molecule has 1 aromatic heterocycles. The summed E-state index contributed by atoms with van der Waals surface area (Å²) in [6.45, 7) is 9.76. The summed E-state index contributed by atoms with van der Waals surface area (Å²) in [7, 11) is 2.20. The van der Waals surface area contributed by atoms with Crippen molar-refractivity contribution >= 4 is 28.2 Å². The highest BCUT2D eigenvalue weighted by molar-refractivity contribution is 7.99. The molecule has 1 atom stereocenters. The maximum absolute atomic E-state index is 4.87. The van der Waals surface area contributed by atoms with E-state index in [0.29, 0.717) is 6.04 Å². The summed E-state index contributed by atoms with van der Waals surface area (Å²) in [5.74, 6) is 2.53. The van der Waals surface area contributed by atoms with Crippen molar-refractivity contribution in [1.82, 2.24) is 10.3 Å². The van der Waals surface area contributed by atoms with Gasteiger partial charge in [-0.1, -0.05) is 6.92 Å². The molecule has 1 fully saturated rings. The second-order valence-corrected chi connectivity index (χ2v) is 8.66. The number of anilines is 1. The maximum atomic E-state index is 4.87. The second-order valence-electron chi connectivity index (χ2n) is 6.45. The van der Waals surface area contributed by atoms with Crippen LogP contribution < -0.4 is 10.2 Å². The Hall–Kier alpha value is -0.260. The second kappa shape index (κ2) is 6.67. The monoisotopic (exact) mass is 313 g/mol. The molecule has 0 aliphatic carbocycles. The Morgan fingerprint density at radius 1 is 1.40 bits per heavy atom. The van der Waals surface area contributed by atoms with Crippen LogP contribution in [0.25, 0.3) is 0 Å². The molecular formula is C15H27N3S2. The van der Waals surface area contributed by atoms with Crippen molar-refractivity contribution in [2.45, 2.75) is 58.7 Å². The van der Waals surface area contributed by atoms with E-state index in [1.165, 1.54) is 33.6 Å². The van der Waals surface area contributed by atoms with E-state index in [-0.39, 0.29) is 5.54 Å². The molecule has 5 heteroatoms. The molecule has 0 saturated carbocycles. The molecule has 0 radical (unpaired) electrons. The summed E-state index contributed by atoms with van der Waals surface area (Å²) in [6, 6.07) is 0.666. The first-order chi connectivity index (χ1) is 9.40. The highest BCUT2D eigenvalue weighted by atomic mass is 32.2. The van der Waals surface area contributed by atoms with Crippen molar-refractivity contribution in [2.24, 2.45) is 0 Å². The largest absolute Gasteiger partial charge is 0.347 e. The van der Waals surface area contributed by atoms with Gasteiger partial charge in [-0.15, -0.1) is 11.3 Å². The van der Waals surface area contributed by atoms with Crippen LogP contribution >= 0.6 is 23.1 Å². The highest BCUT2D eigenvalue weighted by Crippen LogP contribution is 2.31. The van der Waals surface area contributed by atoms with Gasteiger partial charge in [0.2, 0.25) is 0 Å². The topological polar surface area (TPSA) is 28.2 Å². The van der Waals surface area contributed by atoms with E-state index in [0.717, 1.165) is 13.0 Å². The fraction of sp³-hybridized carbons (Fsp3) is 0.800. The number of nitrogens with one attached hydrogen (secondary N) is 1. The molecule has 1 unspecified atom stereocenters. The minimum Gasteiger partial charge on any atom is -0.347 e. The molecule has 20 heavy (non-hydrogen) atoms. The lowest BCUT2D eigenvalue weighted by Crippen LogP contribution is -2.35. The number of hydrogen-bond acceptors (Lipinski definition) is 5. The van der Waals surface area contributed by atoms with Gasteiger partial charge >= 0.3 is 0 Å². The molecule has 0 aromatic carbocycles. The zero-order valence-electron chi connectivity index (χ0n) is 13.3. The summed E-state index contributed by atoms with van der Waals surface area (Å²) < 4.78 is 0. The quantitative estimate of drug-likeness (QED) is 0.900. The predicted octanol–water partition coefficient (Wildman–Crippen LogP) is 3.54. The summed E-state index contributed by atoms with van der Waals surface area (Å²) in [6.07, 6.45) is 2.31. The molecule has 1 N–H and O–H groups in total. The van der Waals surface area contributed by atoms with Crippen LogP contribution in [0.2, 0.25) is 0 Å². The summed E-state index contributed by atoms with van der Waals surface area (Å²) in [5, 5.41) is 4.78. The average Bonchev–Trinajstić information content (AvgIpc) is 3.03. The van der Waals surface area contributed by atoms with Crippen LogP contribution in [-0.4, -0.2) is 35.1 Å². The first-order valence-corrected chi connectivity index (χ1v) is 9.42. The van der Waals surface area contributed by atoms with E-state index < -0.39 is 0 Å². The summed E-state index contributed by atoms with van der Waals surface area (Å²) in [5.41, 5.74) is 1.42. The zero-order chi connectivity index (χ0) is 14.8. The van der Waals surface area contributed by atoms with Crippen molar-refractivity contribution in [2.75, 3.05) is 23.5 Å². The molecule has 1 aliphatic heterocycles. The fourth-order valence-corrected chi connectivity index (χ4v) is 4.65. The van der Waals surface area contributed by atoms with Gasteiger partial charge < -0.3 is 10.2 Å². The smallest absolute Gasteiger partial charge is 0.185 e. The van der Waals surface area contributed by atoms with Crippen LogP contribution in [0, 0.1) is 0 Å². The van der Waals surface area contributed by atoms with Crippen LogP contribution in [0.1, 0.15) is 44.7 Å². The van der Waals surface area contributed by atoms with Gasteiger partial charge in [0.1, 0.15) is 0 Å². The van der Waals surface area contributed by atoms with E-state index in [9.17, 15) is 0 Å². The SMILES string of the molecule is CCc1nc(N(C)C2CCSC2)sc1CNC(C)(C)C. The lowest BCUT2D eigenvalue weighted by Gasteiger charge is -2.22. The molecule has 2 rings (SSSR count). The first kappa shape index (κ1) is 16.1. The first-order valence-electron chi connectivity index (χ1n) is 7.45. The van der Waals surface area contributed by atoms with Gasteiger partial charge in [0.25, 0.3) is 0 Å². The third-order valence-electron chi connectivity index (χ3n) is 3.64. The third-order valence-corrected chi connectivity index (χ3v) is 5.97. The van der Waals surface area contributed by atoms with Gasteiger partial charge in [-0.25, -0.2) is 4.98 Å². The van der Waals surface area contributed by atoms with E-state index in [2.05, 4.69) is 56.7 Å². The highest BCUT2D eigenvalue weighted by Gasteiger charge is 2.23. The number of nitrogens with zero attached hydrogens (tertiary/aromatic N) is 2. The molecular weight excluding hydrogens is 286 g/mol. The molecule has 1 aromatic rings. The van der Waals surface area contributed by atoms with Gasteiger partial charge in [-0.2, -0.15) is 11.8 Å². The van der Waals surface area contributed by atoms with E-state index in [1.807, 2.05) is 11.3 Å². The minimum atomic E-state index is 0.156. The standard InChI is InChI=1S/C15H27N3S2/c1-6-12-13(9-16-15(2,3)4)20-14(17-12)18(5)11-7-8-19-10-11/h11,16H,6-10H2,1-5H3. The van der Waals surface area contributed by atoms with Crippen molar-refractivity contribution in [3.05, 3.63) is 10.6 Å². The van der Waals surface area contributed by atoms with Crippen molar-refractivity contribution in [1.29, 1.82) is 0 Å². The van der Waals surface area contributed by atoms with E-state index in [4.69, 9.17) is 4.98 Å². The fourth-order valence-electron chi connectivity index (χ4n) is 2.26. The molecule has 1 saturated heterocycles. The Kier molecular flexibility index (Phi) is 5.37. The van der Waals surface area contributed by atoms with E-state index in [1.54, 1.807) is 0 Å². The molecule has 3 nitrogen and oxygen atoms in total. The van der Waals surface area contributed by atoms with Gasteiger partial charge in [-0.3, -0.25) is 0 Å². The lowest BCUT2D eigenvalue weighted by molar-refractivity contribution is 0.425. The van der Waals surface area contributed by atoms with Gasteiger partial charge in [0.15, 0.2) is 5.13 Å². The van der Waals surface area contributed by atoms with Crippen LogP contribution in [0.5, 0.6) is 0 Å². The average molecular weight is 314 g/mol. The Balaban J connectivity index is 2.09. The van der Waals surface area contributed by atoms with Crippen LogP contribution in [-0.2, 0) is 13.0 Å². The van der Waals surface area contributed by atoms with Crippen LogP contribution in [0.4, 0.5) is 5.13 Å². The maximum Gasteiger partial charge on any atom is 0.185 e. The third kappa shape index (κ3) is 4.12. The van der Waals surface area contributed by atoms with Crippen molar-refractivity contribution < 1.29 is 0 Å². The number of aromatic nitrogens is 1. The van der Waals surface area contributed by atoms with Crippen molar-refractivity contribution in [3.8, 4) is 0 Å². The Morgan fingerprint density at radius 2 is 2.15 bits per heavy atom. The Bertz CT molecular complexity index is 431. The molecule has 0 amide bonds. The number of thioether (sulfide) groups is 1. The van der Waals surface area contributed by atoms with Crippen molar-refractivity contribution in [3.63, 3.8) is 0 Å². The summed E-state index contributed by atoms with van der Waals surface area (Å²) in [4.78, 5) is 8.66. The van der Waals surface area contributed by atoms with Crippen LogP contribution in [0.3, 0.4) is 0 Å². The normalized spacial score (nSPS) is 19.6. The number of aryl methyl sites for hydroxylation is 1. The summed E-state index contributed by atoms with van der Waals surface area (Å²) >= 11 is 3.92. The molecule has 1 aliphatic rings. The number of thiazole rings is 1. The number of hydrogen-bond donors (Lipinski definition) is 1. The molecule has 2 heterocycles. The predicted molar refractivity (Wildman–Crippen MR) is 92.2 cm³/mol. The van der Waals surface area contributed by atoms with Gasteiger partial charge in [0, 0.05) is 35.8 Å².